The standard InChI is InChI=1S/C10H7FN2O3/c1-13-8-6(11)2-3-12-7(8)4-5(9(13)14)10(15)16/h2-4H,1H3,(H,15,16). The van der Waals surface area contributed by atoms with Gasteiger partial charge in [-0.1, -0.05) is 0 Å². The number of aromatic carboxylic acids is 1. The minimum absolute atomic E-state index is 0.00231. The Morgan fingerprint density at radius 1 is 1.56 bits per heavy atom. The van der Waals surface area contributed by atoms with Gasteiger partial charge in [-0.25, -0.2) is 9.18 Å². The van der Waals surface area contributed by atoms with Gasteiger partial charge in [0.15, 0.2) is 5.82 Å². The van der Waals surface area contributed by atoms with E-state index in [0.717, 1.165) is 16.7 Å². The number of halogens is 1. The monoisotopic (exact) mass is 222 g/mol. The van der Waals surface area contributed by atoms with E-state index in [1.165, 1.54) is 13.2 Å². The summed E-state index contributed by atoms with van der Waals surface area (Å²) in [5.74, 6) is -1.96. The van der Waals surface area contributed by atoms with Gasteiger partial charge in [-0.3, -0.25) is 9.78 Å². The molecule has 0 aliphatic carbocycles. The second kappa shape index (κ2) is 3.41. The Hall–Kier alpha value is -2.24. The molecule has 0 aliphatic heterocycles. The smallest absolute Gasteiger partial charge is 0.341 e. The van der Waals surface area contributed by atoms with Crippen LogP contribution in [0.15, 0.2) is 23.1 Å². The molecule has 0 unspecified atom stereocenters. The van der Waals surface area contributed by atoms with Crippen LogP contribution in [0, 0.1) is 5.82 Å². The highest BCUT2D eigenvalue weighted by molar-refractivity contribution is 5.91. The maximum Gasteiger partial charge on any atom is 0.341 e. The molecular formula is C10H7FN2O3. The largest absolute Gasteiger partial charge is 0.477 e. The molecule has 0 radical (unpaired) electrons. The van der Waals surface area contributed by atoms with E-state index in [1.54, 1.807) is 0 Å². The summed E-state index contributed by atoms with van der Waals surface area (Å²) in [5, 5.41) is 8.78. The molecule has 0 saturated heterocycles. The van der Waals surface area contributed by atoms with E-state index in [4.69, 9.17) is 5.11 Å². The van der Waals surface area contributed by atoms with Crippen LogP contribution in [0.25, 0.3) is 11.0 Å². The summed E-state index contributed by atoms with van der Waals surface area (Å²) in [5.41, 5.74) is -1.04. The number of aromatic nitrogens is 2. The van der Waals surface area contributed by atoms with Crippen molar-refractivity contribution in [1.82, 2.24) is 9.55 Å². The fourth-order valence-corrected chi connectivity index (χ4v) is 1.52. The molecule has 2 heterocycles. The normalized spacial score (nSPS) is 10.6. The minimum Gasteiger partial charge on any atom is -0.477 e. The highest BCUT2D eigenvalue weighted by atomic mass is 19.1. The number of carbonyl (C=O) groups is 1. The Balaban J connectivity index is 3.00. The molecule has 2 rings (SSSR count). The number of carboxylic acids is 1. The van der Waals surface area contributed by atoms with Crippen molar-refractivity contribution in [3.8, 4) is 0 Å². The van der Waals surface area contributed by atoms with Gasteiger partial charge in [0.25, 0.3) is 5.56 Å². The van der Waals surface area contributed by atoms with Crippen molar-refractivity contribution in [1.29, 1.82) is 0 Å². The van der Waals surface area contributed by atoms with Crippen molar-refractivity contribution in [2.75, 3.05) is 0 Å². The van der Waals surface area contributed by atoms with Gasteiger partial charge < -0.3 is 9.67 Å². The van der Waals surface area contributed by atoms with E-state index in [9.17, 15) is 14.0 Å². The number of carboxylic acid groups (broad SMARTS) is 1. The quantitative estimate of drug-likeness (QED) is 0.773. The molecule has 0 spiro atoms. The third-order valence-corrected chi connectivity index (χ3v) is 2.29. The molecule has 0 atom stereocenters. The number of nitrogens with zero attached hydrogens (tertiary/aromatic N) is 2. The fourth-order valence-electron chi connectivity index (χ4n) is 1.52. The summed E-state index contributed by atoms with van der Waals surface area (Å²) < 4.78 is 14.4. The fraction of sp³-hybridized carbons (Fsp3) is 0.100. The second-order valence-corrected chi connectivity index (χ2v) is 3.25. The molecule has 0 aromatic carbocycles. The summed E-state index contributed by atoms with van der Waals surface area (Å²) in [6.45, 7) is 0. The lowest BCUT2D eigenvalue weighted by Gasteiger charge is -2.06. The van der Waals surface area contributed by atoms with Crippen LogP contribution in [0.1, 0.15) is 10.4 Å². The number of fused-ring (bicyclic) bond motifs is 1. The zero-order chi connectivity index (χ0) is 11.9. The third-order valence-electron chi connectivity index (χ3n) is 2.29. The first-order valence-electron chi connectivity index (χ1n) is 4.40. The number of aryl methyl sites for hydroxylation is 1. The van der Waals surface area contributed by atoms with Crippen LogP contribution in [-0.2, 0) is 7.05 Å². The van der Waals surface area contributed by atoms with E-state index in [0.29, 0.717) is 0 Å². The molecule has 0 fully saturated rings. The van der Waals surface area contributed by atoms with Crippen LogP contribution < -0.4 is 5.56 Å². The average Bonchev–Trinajstić information content (AvgIpc) is 2.22. The Labute approximate surface area is 88.8 Å². The molecule has 82 valence electrons. The van der Waals surface area contributed by atoms with Gasteiger partial charge in [0.1, 0.15) is 11.1 Å². The first kappa shape index (κ1) is 10.3. The van der Waals surface area contributed by atoms with Crippen molar-refractivity contribution < 1.29 is 14.3 Å². The van der Waals surface area contributed by atoms with Gasteiger partial charge >= 0.3 is 5.97 Å². The summed E-state index contributed by atoms with van der Waals surface area (Å²) in [6, 6.07) is 2.19. The zero-order valence-corrected chi connectivity index (χ0v) is 8.27. The van der Waals surface area contributed by atoms with E-state index in [-0.39, 0.29) is 11.0 Å². The lowest BCUT2D eigenvalue weighted by molar-refractivity contribution is 0.0694. The highest BCUT2D eigenvalue weighted by Gasteiger charge is 2.15. The molecular weight excluding hydrogens is 215 g/mol. The molecule has 16 heavy (non-hydrogen) atoms. The summed E-state index contributed by atoms with van der Waals surface area (Å²) in [7, 11) is 1.31. The average molecular weight is 222 g/mol. The van der Waals surface area contributed by atoms with Crippen molar-refractivity contribution >= 4 is 17.0 Å². The van der Waals surface area contributed by atoms with Crippen LogP contribution in [0.4, 0.5) is 4.39 Å². The van der Waals surface area contributed by atoms with Gasteiger partial charge in [-0.15, -0.1) is 0 Å². The Bertz CT molecular complexity index is 648. The van der Waals surface area contributed by atoms with Gasteiger partial charge in [-0.2, -0.15) is 0 Å². The second-order valence-electron chi connectivity index (χ2n) is 3.25. The van der Waals surface area contributed by atoms with Crippen LogP contribution in [0.5, 0.6) is 0 Å². The van der Waals surface area contributed by atoms with Gasteiger partial charge in [0, 0.05) is 13.2 Å². The topological polar surface area (TPSA) is 72.2 Å². The van der Waals surface area contributed by atoms with E-state index in [1.807, 2.05) is 0 Å². The number of hydrogen-bond donors (Lipinski definition) is 1. The third kappa shape index (κ3) is 1.35. The predicted molar refractivity (Wildman–Crippen MR) is 53.9 cm³/mol. The lowest BCUT2D eigenvalue weighted by atomic mass is 10.2. The molecule has 2 aromatic heterocycles. The molecule has 0 amide bonds. The molecule has 0 bridgehead atoms. The first-order chi connectivity index (χ1) is 7.52. The van der Waals surface area contributed by atoms with Gasteiger partial charge in [0.2, 0.25) is 0 Å². The Morgan fingerprint density at radius 3 is 2.88 bits per heavy atom. The molecule has 0 aliphatic rings. The summed E-state index contributed by atoms with van der Waals surface area (Å²) in [6.07, 6.45) is 1.22. The van der Waals surface area contributed by atoms with E-state index < -0.39 is 22.9 Å². The molecule has 5 nitrogen and oxygen atoms in total. The zero-order valence-electron chi connectivity index (χ0n) is 8.27. The van der Waals surface area contributed by atoms with Crippen molar-refractivity contribution in [2.24, 2.45) is 7.05 Å². The van der Waals surface area contributed by atoms with E-state index in [2.05, 4.69) is 4.98 Å². The number of rotatable bonds is 1. The molecule has 1 N–H and O–H groups in total. The Kier molecular flexibility index (Phi) is 2.19. The molecule has 2 aromatic rings. The maximum absolute atomic E-state index is 13.4. The first-order valence-corrected chi connectivity index (χ1v) is 4.40. The highest BCUT2D eigenvalue weighted by Crippen LogP contribution is 2.13. The lowest BCUT2D eigenvalue weighted by Crippen LogP contribution is -2.25. The van der Waals surface area contributed by atoms with Crippen molar-refractivity contribution in [3.05, 3.63) is 40.1 Å². The van der Waals surface area contributed by atoms with Crippen molar-refractivity contribution in [2.45, 2.75) is 0 Å². The summed E-state index contributed by atoms with van der Waals surface area (Å²) in [4.78, 5) is 26.2. The summed E-state index contributed by atoms with van der Waals surface area (Å²) >= 11 is 0. The number of pyridine rings is 2. The molecule has 0 saturated carbocycles. The van der Waals surface area contributed by atoms with Crippen molar-refractivity contribution in [3.63, 3.8) is 0 Å². The Morgan fingerprint density at radius 2 is 2.25 bits per heavy atom. The van der Waals surface area contributed by atoms with Gasteiger partial charge in [-0.05, 0) is 12.1 Å². The maximum atomic E-state index is 13.4. The number of hydrogen-bond acceptors (Lipinski definition) is 3. The van der Waals surface area contributed by atoms with Crippen LogP contribution in [0.3, 0.4) is 0 Å². The van der Waals surface area contributed by atoms with E-state index >= 15 is 0 Å². The van der Waals surface area contributed by atoms with Gasteiger partial charge in [0.05, 0.1) is 5.52 Å². The van der Waals surface area contributed by atoms with Crippen LogP contribution in [0.2, 0.25) is 0 Å². The minimum atomic E-state index is -1.35. The molecule has 6 heteroatoms. The van der Waals surface area contributed by atoms with Crippen LogP contribution in [-0.4, -0.2) is 20.6 Å². The SMILES string of the molecule is Cn1c(=O)c(C(=O)O)cc2nccc(F)c21. The van der Waals surface area contributed by atoms with Crippen LogP contribution >= 0.6 is 0 Å². The predicted octanol–water partition coefficient (Wildman–Crippen LogP) is 0.771.